The molecule has 0 saturated heterocycles. The molecule has 1 N–H and O–H groups in total. The monoisotopic (exact) mass is 245 g/mol. The van der Waals surface area contributed by atoms with Gasteiger partial charge in [-0.2, -0.15) is 10.3 Å². The number of hydrogen-bond donors (Lipinski definition) is 1. The predicted molar refractivity (Wildman–Crippen MR) is 78.0 cm³/mol. The Hall–Kier alpha value is -1.69. The van der Waals surface area contributed by atoms with Gasteiger partial charge >= 0.3 is 0 Å². The van der Waals surface area contributed by atoms with Crippen molar-refractivity contribution in [2.24, 2.45) is 15.8 Å². The van der Waals surface area contributed by atoms with Gasteiger partial charge in [-0.15, -0.1) is 0 Å². The number of aliphatic imine (C=N–C) groups is 1. The van der Waals surface area contributed by atoms with Crippen molar-refractivity contribution in [1.82, 2.24) is 0 Å². The fourth-order valence-electron chi connectivity index (χ4n) is 1.36. The van der Waals surface area contributed by atoms with Crippen molar-refractivity contribution in [2.45, 2.75) is 41.0 Å². The van der Waals surface area contributed by atoms with Gasteiger partial charge in [-0.25, -0.2) is 0 Å². The lowest BCUT2D eigenvalue weighted by Crippen LogP contribution is -2.21. The van der Waals surface area contributed by atoms with Crippen LogP contribution >= 0.6 is 0 Å². The Morgan fingerprint density at radius 1 is 1.33 bits per heavy atom. The van der Waals surface area contributed by atoms with Crippen LogP contribution in [0, 0.1) is 27.7 Å². The van der Waals surface area contributed by atoms with Gasteiger partial charge in [0.2, 0.25) is 6.19 Å². The third-order valence-electron chi connectivity index (χ3n) is 2.78. The highest BCUT2D eigenvalue weighted by Gasteiger charge is 2.21. The van der Waals surface area contributed by atoms with Crippen molar-refractivity contribution in [3.8, 4) is 6.19 Å². The first-order chi connectivity index (χ1) is 8.15. The Balaban J connectivity index is 4.86. The van der Waals surface area contributed by atoms with Crippen LogP contribution in [0.15, 0.2) is 29.8 Å². The smallest absolute Gasteiger partial charge is 0.205 e. The van der Waals surface area contributed by atoms with Gasteiger partial charge in [0, 0.05) is 16.5 Å². The molecule has 3 nitrogen and oxygen atoms in total. The SMILES string of the molecule is C=CC(=N)C(C)(C)C/C=C/C(=NC#N)C(C)(C)C. The van der Waals surface area contributed by atoms with Crippen LogP contribution in [0.25, 0.3) is 0 Å². The van der Waals surface area contributed by atoms with Crippen LogP contribution in [0.1, 0.15) is 41.0 Å². The van der Waals surface area contributed by atoms with Gasteiger partial charge in [0.1, 0.15) is 0 Å². The van der Waals surface area contributed by atoms with E-state index in [0.717, 1.165) is 12.1 Å². The maximum Gasteiger partial charge on any atom is 0.205 e. The summed E-state index contributed by atoms with van der Waals surface area (Å²) in [4.78, 5) is 3.84. The fourth-order valence-corrected chi connectivity index (χ4v) is 1.36. The summed E-state index contributed by atoms with van der Waals surface area (Å²) in [5, 5.41) is 16.5. The highest BCUT2D eigenvalue weighted by atomic mass is 14.7. The number of allylic oxidation sites excluding steroid dienone is 3. The van der Waals surface area contributed by atoms with E-state index in [4.69, 9.17) is 10.7 Å². The molecule has 18 heavy (non-hydrogen) atoms. The first-order valence-electron chi connectivity index (χ1n) is 6.00. The molecule has 0 aliphatic carbocycles. The molecule has 0 fully saturated rings. The number of rotatable bonds is 5. The summed E-state index contributed by atoms with van der Waals surface area (Å²) in [6, 6.07) is 0. The van der Waals surface area contributed by atoms with E-state index < -0.39 is 0 Å². The highest BCUT2D eigenvalue weighted by molar-refractivity contribution is 6.00. The molecular weight excluding hydrogens is 222 g/mol. The quantitative estimate of drug-likeness (QED) is 0.574. The maximum absolute atomic E-state index is 8.67. The predicted octanol–water partition coefficient (Wildman–Crippen LogP) is 4.13. The molecule has 0 spiro atoms. The molecular formula is C15H23N3. The average molecular weight is 245 g/mol. The molecule has 0 aliphatic heterocycles. The van der Waals surface area contributed by atoms with Gasteiger partial charge in [-0.05, 0) is 18.6 Å². The molecule has 0 saturated carbocycles. The number of nitrogens with one attached hydrogen (secondary N) is 1. The molecule has 0 amide bonds. The minimum atomic E-state index is -0.242. The molecule has 0 bridgehead atoms. The number of hydrogen-bond acceptors (Lipinski definition) is 3. The lowest BCUT2D eigenvalue weighted by atomic mass is 9.83. The highest BCUT2D eigenvalue weighted by Crippen LogP contribution is 2.24. The summed E-state index contributed by atoms with van der Waals surface area (Å²) >= 11 is 0. The molecule has 0 unspecified atom stereocenters. The standard InChI is InChI=1S/C15H23N3/c1-7-12(17)15(5,6)10-8-9-13(18-11-16)14(2,3)4/h7-9,17H,1,10H2,2-6H3/b9-8+,17-12?,18-13?. The molecule has 0 aromatic heterocycles. The molecule has 98 valence electrons. The van der Waals surface area contributed by atoms with E-state index in [1.165, 1.54) is 0 Å². The zero-order valence-corrected chi connectivity index (χ0v) is 12.0. The van der Waals surface area contributed by atoms with Crippen LogP contribution in [-0.4, -0.2) is 11.4 Å². The molecule has 0 radical (unpaired) electrons. The Morgan fingerprint density at radius 2 is 1.89 bits per heavy atom. The van der Waals surface area contributed by atoms with E-state index in [1.54, 1.807) is 6.08 Å². The molecule has 0 aliphatic rings. The average Bonchev–Trinajstić information content (AvgIpc) is 2.25. The molecule has 0 aromatic carbocycles. The van der Waals surface area contributed by atoms with E-state index in [9.17, 15) is 0 Å². The molecule has 0 rings (SSSR count). The summed E-state index contributed by atoms with van der Waals surface area (Å²) in [7, 11) is 0. The van der Waals surface area contributed by atoms with Gasteiger partial charge in [-0.3, -0.25) is 0 Å². The van der Waals surface area contributed by atoms with Gasteiger partial charge in [0.15, 0.2) is 0 Å². The Bertz CT molecular complexity index is 412. The van der Waals surface area contributed by atoms with Crippen LogP contribution in [0.5, 0.6) is 0 Å². The van der Waals surface area contributed by atoms with Crippen molar-refractivity contribution in [2.75, 3.05) is 0 Å². The van der Waals surface area contributed by atoms with E-state index in [1.807, 2.05) is 53.0 Å². The second-order valence-electron chi connectivity index (χ2n) is 5.96. The largest absolute Gasteiger partial charge is 0.305 e. The topological polar surface area (TPSA) is 60.0 Å². The molecule has 0 aromatic rings. The normalized spacial score (nSPS) is 13.4. The van der Waals surface area contributed by atoms with Crippen LogP contribution in [0.2, 0.25) is 0 Å². The van der Waals surface area contributed by atoms with Crippen molar-refractivity contribution < 1.29 is 0 Å². The summed E-state index contributed by atoms with van der Waals surface area (Å²) in [5.41, 5.74) is 0.878. The zero-order chi connectivity index (χ0) is 14.4. The number of nitriles is 1. The third kappa shape index (κ3) is 5.09. The molecule has 0 heterocycles. The molecule has 0 atom stereocenters. The van der Waals surface area contributed by atoms with Crippen molar-refractivity contribution in [3.05, 3.63) is 24.8 Å². The van der Waals surface area contributed by atoms with Gasteiger partial charge in [0.05, 0.1) is 5.71 Å². The first-order valence-corrected chi connectivity index (χ1v) is 6.00. The van der Waals surface area contributed by atoms with Crippen molar-refractivity contribution >= 4 is 11.4 Å². The summed E-state index contributed by atoms with van der Waals surface area (Å²) in [6.45, 7) is 13.7. The van der Waals surface area contributed by atoms with E-state index in [2.05, 4.69) is 11.6 Å². The van der Waals surface area contributed by atoms with Gasteiger partial charge in [-0.1, -0.05) is 47.3 Å². The van der Waals surface area contributed by atoms with Crippen LogP contribution in [0.4, 0.5) is 0 Å². The van der Waals surface area contributed by atoms with E-state index in [0.29, 0.717) is 5.71 Å². The minimum absolute atomic E-state index is 0.150. The third-order valence-corrected chi connectivity index (χ3v) is 2.78. The lowest BCUT2D eigenvalue weighted by Gasteiger charge is -2.22. The summed E-state index contributed by atoms with van der Waals surface area (Å²) in [5.74, 6) is 0. The van der Waals surface area contributed by atoms with Crippen LogP contribution < -0.4 is 0 Å². The van der Waals surface area contributed by atoms with Crippen molar-refractivity contribution in [1.29, 1.82) is 10.7 Å². The van der Waals surface area contributed by atoms with Crippen molar-refractivity contribution in [3.63, 3.8) is 0 Å². The molecule has 3 heteroatoms. The van der Waals surface area contributed by atoms with E-state index in [-0.39, 0.29) is 10.8 Å². The maximum atomic E-state index is 8.67. The fraction of sp³-hybridized carbons (Fsp3) is 0.533. The summed E-state index contributed by atoms with van der Waals surface area (Å²) in [6.07, 6.45) is 7.97. The van der Waals surface area contributed by atoms with Gasteiger partial charge < -0.3 is 5.41 Å². The minimum Gasteiger partial charge on any atom is -0.305 e. The van der Waals surface area contributed by atoms with E-state index >= 15 is 0 Å². The van der Waals surface area contributed by atoms with Gasteiger partial charge in [0.25, 0.3) is 0 Å². The zero-order valence-electron chi connectivity index (χ0n) is 12.0. The lowest BCUT2D eigenvalue weighted by molar-refractivity contribution is 0.531. The second-order valence-corrected chi connectivity index (χ2v) is 5.96. The Kier molecular flexibility index (Phi) is 5.71. The second kappa shape index (κ2) is 6.30. The van der Waals surface area contributed by atoms with Crippen LogP contribution in [-0.2, 0) is 0 Å². The summed E-state index contributed by atoms with van der Waals surface area (Å²) < 4.78 is 0. The first kappa shape index (κ1) is 16.3. The van der Waals surface area contributed by atoms with Crippen LogP contribution in [0.3, 0.4) is 0 Å². The number of nitrogens with zero attached hydrogens (tertiary/aromatic N) is 2. The Morgan fingerprint density at radius 3 is 2.28 bits per heavy atom. The Labute approximate surface area is 110 Å².